The zero-order valence-corrected chi connectivity index (χ0v) is 17.1. The Balaban J connectivity index is 1.56. The van der Waals surface area contributed by atoms with Crippen molar-refractivity contribution in [3.8, 4) is 0 Å². The average molecular weight is 369 g/mol. The van der Waals surface area contributed by atoms with E-state index in [2.05, 4.69) is 60.0 Å². The zero-order chi connectivity index (χ0) is 18.7. The normalized spacial score (nSPS) is 15.1. The van der Waals surface area contributed by atoms with Crippen molar-refractivity contribution in [3.63, 3.8) is 0 Å². The maximum atomic E-state index is 12.5. The van der Waals surface area contributed by atoms with Gasteiger partial charge < -0.3 is 15.1 Å². The predicted octanol–water partition coefficient (Wildman–Crippen LogP) is 3.29. The van der Waals surface area contributed by atoms with Crippen LogP contribution in [-0.4, -0.2) is 50.2 Å². The van der Waals surface area contributed by atoms with Crippen molar-refractivity contribution in [1.82, 2.24) is 9.88 Å². The fourth-order valence-electron chi connectivity index (χ4n) is 3.19. The summed E-state index contributed by atoms with van der Waals surface area (Å²) in [7, 11) is -1.31. The SMILES string of the molecule is Cc1cccnc1N1CCN(C(=O)Nc2ccc([Si](C)(C)C)cc2)CC1. The molecule has 26 heavy (non-hydrogen) atoms. The van der Waals surface area contributed by atoms with Crippen LogP contribution in [-0.2, 0) is 0 Å². The number of aryl methyl sites for hydroxylation is 1. The highest BCUT2D eigenvalue weighted by Crippen LogP contribution is 2.18. The van der Waals surface area contributed by atoms with Gasteiger partial charge in [-0.2, -0.15) is 0 Å². The van der Waals surface area contributed by atoms with Crippen LogP contribution in [0.15, 0.2) is 42.6 Å². The van der Waals surface area contributed by atoms with Crippen LogP contribution in [0.25, 0.3) is 0 Å². The van der Waals surface area contributed by atoms with Crippen molar-refractivity contribution in [3.05, 3.63) is 48.2 Å². The zero-order valence-electron chi connectivity index (χ0n) is 16.1. The second-order valence-electron chi connectivity index (χ2n) is 7.88. The number of nitrogens with one attached hydrogen (secondary N) is 1. The van der Waals surface area contributed by atoms with Crippen LogP contribution in [0.1, 0.15) is 5.56 Å². The van der Waals surface area contributed by atoms with Crippen molar-refractivity contribution in [2.45, 2.75) is 26.6 Å². The Labute approximate surface area is 157 Å². The van der Waals surface area contributed by atoms with Crippen LogP contribution in [0.5, 0.6) is 0 Å². The first-order valence-corrected chi connectivity index (χ1v) is 12.7. The average Bonchev–Trinajstić information content (AvgIpc) is 2.62. The van der Waals surface area contributed by atoms with Crippen LogP contribution < -0.4 is 15.4 Å². The largest absolute Gasteiger partial charge is 0.353 e. The molecule has 3 rings (SSSR count). The van der Waals surface area contributed by atoms with Gasteiger partial charge in [0.15, 0.2) is 0 Å². The molecule has 0 radical (unpaired) electrons. The molecule has 0 atom stereocenters. The number of pyridine rings is 1. The lowest BCUT2D eigenvalue weighted by Crippen LogP contribution is -2.50. The van der Waals surface area contributed by atoms with E-state index >= 15 is 0 Å². The molecule has 2 amide bonds. The van der Waals surface area contributed by atoms with Gasteiger partial charge in [0.25, 0.3) is 0 Å². The number of hydrogen-bond acceptors (Lipinski definition) is 3. The second kappa shape index (κ2) is 7.49. The molecule has 0 aliphatic carbocycles. The van der Waals surface area contributed by atoms with Crippen molar-refractivity contribution in [2.75, 3.05) is 36.4 Å². The van der Waals surface area contributed by atoms with E-state index in [0.29, 0.717) is 13.1 Å². The standard InChI is InChI=1S/C20H28N4OSi/c1-16-6-5-11-21-19(16)23-12-14-24(15-13-23)20(25)22-17-7-9-18(10-8-17)26(2,3)4/h5-11H,12-15H2,1-4H3,(H,22,25). The van der Waals surface area contributed by atoms with Crippen molar-refractivity contribution in [1.29, 1.82) is 0 Å². The molecule has 1 aliphatic rings. The molecule has 138 valence electrons. The number of carbonyl (C=O) groups excluding carboxylic acids is 1. The fraction of sp³-hybridized carbons (Fsp3) is 0.400. The van der Waals surface area contributed by atoms with E-state index in [9.17, 15) is 4.79 Å². The lowest BCUT2D eigenvalue weighted by atomic mass is 10.2. The summed E-state index contributed by atoms with van der Waals surface area (Å²) in [6, 6.07) is 12.3. The van der Waals surface area contributed by atoms with Crippen molar-refractivity contribution < 1.29 is 4.79 Å². The molecule has 1 fully saturated rings. The van der Waals surface area contributed by atoms with E-state index in [1.165, 1.54) is 10.8 Å². The van der Waals surface area contributed by atoms with Crippen LogP contribution in [0.3, 0.4) is 0 Å². The van der Waals surface area contributed by atoms with Gasteiger partial charge in [-0.1, -0.05) is 43.0 Å². The van der Waals surface area contributed by atoms with Crippen LogP contribution in [0.2, 0.25) is 19.6 Å². The summed E-state index contributed by atoms with van der Waals surface area (Å²) in [5.74, 6) is 1.02. The first-order chi connectivity index (χ1) is 12.3. The Morgan fingerprint density at radius 2 is 1.69 bits per heavy atom. The van der Waals surface area contributed by atoms with E-state index in [4.69, 9.17) is 0 Å². The number of anilines is 2. The van der Waals surface area contributed by atoms with Gasteiger partial charge in [-0.05, 0) is 30.7 Å². The van der Waals surface area contributed by atoms with Gasteiger partial charge in [-0.3, -0.25) is 0 Å². The Morgan fingerprint density at radius 1 is 1.04 bits per heavy atom. The van der Waals surface area contributed by atoms with Crippen LogP contribution >= 0.6 is 0 Å². The minimum Gasteiger partial charge on any atom is -0.353 e. The maximum absolute atomic E-state index is 12.5. The van der Waals surface area contributed by atoms with Crippen molar-refractivity contribution in [2.24, 2.45) is 0 Å². The van der Waals surface area contributed by atoms with E-state index in [1.807, 2.05) is 29.3 Å². The summed E-state index contributed by atoms with van der Waals surface area (Å²) in [4.78, 5) is 21.2. The molecule has 1 saturated heterocycles. The van der Waals surface area contributed by atoms with Gasteiger partial charge in [0, 0.05) is 38.1 Å². The smallest absolute Gasteiger partial charge is 0.321 e. The number of aromatic nitrogens is 1. The lowest BCUT2D eigenvalue weighted by Gasteiger charge is -2.36. The summed E-state index contributed by atoms with van der Waals surface area (Å²) >= 11 is 0. The maximum Gasteiger partial charge on any atom is 0.321 e. The number of urea groups is 1. The van der Waals surface area contributed by atoms with Gasteiger partial charge in [-0.25, -0.2) is 9.78 Å². The highest BCUT2D eigenvalue weighted by atomic mass is 28.3. The molecular weight excluding hydrogens is 340 g/mol. The highest BCUT2D eigenvalue weighted by Gasteiger charge is 2.23. The summed E-state index contributed by atoms with van der Waals surface area (Å²) < 4.78 is 0. The Kier molecular flexibility index (Phi) is 5.32. The molecule has 0 saturated carbocycles. The molecular formula is C20H28N4OSi. The summed E-state index contributed by atoms with van der Waals surface area (Å²) in [6.07, 6.45) is 1.82. The second-order valence-corrected chi connectivity index (χ2v) is 13.0. The molecule has 5 nitrogen and oxygen atoms in total. The monoisotopic (exact) mass is 368 g/mol. The third kappa shape index (κ3) is 4.25. The molecule has 1 aromatic heterocycles. The van der Waals surface area contributed by atoms with E-state index in [0.717, 1.165) is 24.6 Å². The van der Waals surface area contributed by atoms with Gasteiger partial charge in [0.1, 0.15) is 5.82 Å². The Hall–Kier alpha value is -2.34. The number of rotatable bonds is 3. The van der Waals surface area contributed by atoms with Gasteiger partial charge in [0.2, 0.25) is 0 Å². The summed E-state index contributed by atoms with van der Waals surface area (Å²) in [5, 5.41) is 4.42. The molecule has 1 aromatic carbocycles. The van der Waals surface area contributed by atoms with Gasteiger partial charge in [-0.15, -0.1) is 0 Å². The van der Waals surface area contributed by atoms with E-state index < -0.39 is 8.07 Å². The number of nitrogens with zero attached hydrogens (tertiary/aromatic N) is 3. The molecule has 6 heteroatoms. The molecule has 1 N–H and O–H groups in total. The first-order valence-electron chi connectivity index (χ1n) is 9.17. The van der Waals surface area contributed by atoms with Gasteiger partial charge in [0.05, 0.1) is 8.07 Å². The van der Waals surface area contributed by atoms with E-state index in [-0.39, 0.29) is 6.03 Å². The minimum atomic E-state index is -1.31. The van der Waals surface area contributed by atoms with Crippen LogP contribution in [0.4, 0.5) is 16.3 Å². The predicted molar refractivity (Wildman–Crippen MR) is 111 cm³/mol. The molecule has 1 aliphatic heterocycles. The molecule has 0 bridgehead atoms. The summed E-state index contributed by atoms with van der Waals surface area (Å²) in [6.45, 7) is 12.1. The molecule has 0 spiro atoms. The number of amides is 2. The Bertz CT molecular complexity index is 762. The number of carbonyl (C=O) groups is 1. The number of piperazine rings is 1. The topological polar surface area (TPSA) is 48.5 Å². The lowest BCUT2D eigenvalue weighted by molar-refractivity contribution is 0.208. The highest BCUT2D eigenvalue weighted by molar-refractivity contribution is 6.88. The molecule has 2 heterocycles. The number of benzene rings is 1. The summed E-state index contributed by atoms with van der Waals surface area (Å²) in [5.41, 5.74) is 2.04. The quantitative estimate of drug-likeness (QED) is 0.846. The fourth-order valence-corrected chi connectivity index (χ4v) is 4.35. The van der Waals surface area contributed by atoms with Crippen LogP contribution in [0, 0.1) is 6.92 Å². The molecule has 2 aromatic rings. The minimum absolute atomic E-state index is 0.0249. The molecule has 0 unspecified atom stereocenters. The third-order valence-electron chi connectivity index (χ3n) is 4.85. The van der Waals surface area contributed by atoms with E-state index in [1.54, 1.807) is 0 Å². The van der Waals surface area contributed by atoms with Crippen molar-refractivity contribution >= 4 is 30.8 Å². The number of hydrogen-bond donors (Lipinski definition) is 1. The van der Waals surface area contributed by atoms with Gasteiger partial charge >= 0.3 is 6.03 Å². The third-order valence-corrected chi connectivity index (χ3v) is 6.92. The Morgan fingerprint density at radius 3 is 2.27 bits per heavy atom. The first kappa shape index (κ1) is 18.4.